The van der Waals surface area contributed by atoms with Crippen molar-refractivity contribution < 1.29 is 19.4 Å². The van der Waals surface area contributed by atoms with Gasteiger partial charge in [-0.05, 0) is 32.0 Å². The molecule has 1 fully saturated rings. The molecule has 2 N–H and O–H groups in total. The molecule has 0 spiro atoms. The molecule has 1 heterocycles. The lowest BCUT2D eigenvalue weighted by Gasteiger charge is -2.35. The van der Waals surface area contributed by atoms with Crippen molar-refractivity contribution in [2.75, 3.05) is 18.4 Å². The van der Waals surface area contributed by atoms with Crippen molar-refractivity contribution in [1.82, 2.24) is 4.90 Å². The van der Waals surface area contributed by atoms with Gasteiger partial charge in [-0.3, -0.25) is 0 Å². The molecule has 0 aliphatic carbocycles. The number of carboxylic acids is 1. The number of anilines is 1. The molecule has 0 unspecified atom stereocenters. The van der Waals surface area contributed by atoms with Crippen molar-refractivity contribution >= 4 is 29.3 Å². The summed E-state index contributed by atoms with van der Waals surface area (Å²) in [6.07, 6.45) is -0.0677. The third kappa shape index (κ3) is 4.09. The normalized spacial score (nSPS) is 22.0. The number of benzene rings is 1. The van der Waals surface area contributed by atoms with Crippen molar-refractivity contribution in [1.29, 1.82) is 0 Å². The lowest BCUT2D eigenvalue weighted by Crippen LogP contribution is -2.49. The molecule has 1 aliphatic rings. The first-order valence-corrected chi connectivity index (χ1v) is 6.98. The highest BCUT2D eigenvalue weighted by Gasteiger charge is 2.26. The van der Waals surface area contributed by atoms with Gasteiger partial charge in [0.15, 0.2) is 0 Å². The number of carbonyl (C=O) groups is 2. The number of nitrogens with one attached hydrogen (secondary N) is 1. The highest BCUT2D eigenvalue weighted by molar-refractivity contribution is 6.31. The Morgan fingerprint density at radius 3 is 2.48 bits per heavy atom. The molecule has 0 saturated carbocycles. The fraction of sp³-hybridized carbons (Fsp3) is 0.429. The van der Waals surface area contributed by atoms with Gasteiger partial charge in [0.1, 0.15) is 0 Å². The molecule has 2 atom stereocenters. The molecule has 6 nitrogen and oxygen atoms in total. The summed E-state index contributed by atoms with van der Waals surface area (Å²) in [5.41, 5.74) is 0.387. The molecular formula is C14H17ClN2O4. The quantitative estimate of drug-likeness (QED) is 0.880. The summed E-state index contributed by atoms with van der Waals surface area (Å²) in [6, 6.07) is 3.92. The van der Waals surface area contributed by atoms with Crippen molar-refractivity contribution in [2.24, 2.45) is 0 Å². The van der Waals surface area contributed by atoms with Crippen LogP contribution < -0.4 is 5.32 Å². The summed E-state index contributed by atoms with van der Waals surface area (Å²) in [4.78, 5) is 24.8. The van der Waals surface area contributed by atoms with Crippen molar-refractivity contribution in [2.45, 2.75) is 26.1 Å². The zero-order valence-electron chi connectivity index (χ0n) is 11.8. The van der Waals surface area contributed by atoms with Crippen LogP contribution in [0.3, 0.4) is 0 Å². The van der Waals surface area contributed by atoms with E-state index < -0.39 is 5.97 Å². The minimum Gasteiger partial charge on any atom is -0.478 e. The largest absolute Gasteiger partial charge is 0.478 e. The molecule has 114 valence electrons. The van der Waals surface area contributed by atoms with E-state index in [0.717, 1.165) is 0 Å². The minimum absolute atomic E-state index is 0.0292. The maximum absolute atomic E-state index is 12.2. The Morgan fingerprint density at radius 1 is 1.29 bits per heavy atom. The van der Waals surface area contributed by atoms with E-state index in [1.165, 1.54) is 18.2 Å². The molecule has 1 saturated heterocycles. The van der Waals surface area contributed by atoms with Gasteiger partial charge in [0.2, 0.25) is 0 Å². The van der Waals surface area contributed by atoms with Gasteiger partial charge in [0.25, 0.3) is 0 Å². The standard InChI is InChI=1S/C14H17ClN2O4/c1-8-6-17(7-9(2)21-8)14(20)16-12-4-10(13(18)19)3-11(15)5-12/h3-5,8-9H,6-7H2,1-2H3,(H,16,20)(H,18,19)/t8-,9+. The number of morpholine rings is 1. The fourth-order valence-electron chi connectivity index (χ4n) is 2.33. The third-order valence-electron chi connectivity index (χ3n) is 3.10. The van der Waals surface area contributed by atoms with Gasteiger partial charge in [-0.2, -0.15) is 0 Å². The number of aromatic carboxylic acids is 1. The number of hydrogen-bond acceptors (Lipinski definition) is 3. The van der Waals surface area contributed by atoms with Gasteiger partial charge >= 0.3 is 12.0 Å². The van der Waals surface area contributed by atoms with Gasteiger partial charge in [-0.15, -0.1) is 0 Å². The second kappa shape index (κ2) is 6.32. The number of rotatable bonds is 2. The molecule has 0 aromatic heterocycles. The molecule has 7 heteroatoms. The van der Waals surface area contributed by atoms with E-state index in [9.17, 15) is 9.59 Å². The van der Waals surface area contributed by atoms with Crippen LogP contribution in [0.4, 0.5) is 10.5 Å². The average molecular weight is 313 g/mol. The van der Waals surface area contributed by atoms with Crippen LogP contribution in [0.15, 0.2) is 18.2 Å². The van der Waals surface area contributed by atoms with Gasteiger partial charge in [-0.1, -0.05) is 11.6 Å². The van der Waals surface area contributed by atoms with E-state index >= 15 is 0 Å². The lowest BCUT2D eigenvalue weighted by molar-refractivity contribution is -0.0530. The molecule has 21 heavy (non-hydrogen) atoms. The van der Waals surface area contributed by atoms with Crippen LogP contribution >= 0.6 is 11.6 Å². The molecule has 1 aromatic carbocycles. The van der Waals surface area contributed by atoms with Crippen molar-refractivity contribution in [3.05, 3.63) is 28.8 Å². The average Bonchev–Trinajstić information content (AvgIpc) is 2.36. The lowest BCUT2D eigenvalue weighted by atomic mass is 10.2. The van der Waals surface area contributed by atoms with E-state index in [0.29, 0.717) is 18.8 Å². The second-order valence-electron chi connectivity index (χ2n) is 5.13. The van der Waals surface area contributed by atoms with Crippen LogP contribution in [-0.2, 0) is 4.74 Å². The summed E-state index contributed by atoms with van der Waals surface area (Å²) >= 11 is 5.86. The van der Waals surface area contributed by atoms with Gasteiger partial charge < -0.3 is 20.1 Å². The molecule has 1 aliphatic heterocycles. The molecule has 0 radical (unpaired) electrons. The maximum Gasteiger partial charge on any atom is 0.335 e. The van der Waals surface area contributed by atoms with Gasteiger partial charge in [-0.25, -0.2) is 9.59 Å². The Labute approximate surface area is 127 Å². The fourth-order valence-corrected chi connectivity index (χ4v) is 2.57. The molecule has 0 bridgehead atoms. The Kier molecular flexibility index (Phi) is 4.69. The zero-order chi connectivity index (χ0) is 15.6. The molecular weight excluding hydrogens is 296 g/mol. The molecule has 2 amide bonds. The Balaban J connectivity index is 2.10. The SMILES string of the molecule is C[C@@H]1CN(C(=O)Nc2cc(Cl)cc(C(=O)O)c2)C[C@H](C)O1. The van der Waals surface area contributed by atoms with E-state index in [1.54, 1.807) is 4.90 Å². The Hall–Kier alpha value is -1.79. The Bertz CT molecular complexity index is 554. The van der Waals surface area contributed by atoms with E-state index in [2.05, 4.69) is 5.32 Å². The number of halogens is 1. The zero-order valence-corrected chi connectivity index (χ0v) is 12.6. The van der Waals surface area contributed by atoms with Crippen LogP contribution in [0.2, 0.25) is 5.02 Å². The first-order valence-electron chi connectivity index (χ1n) is 6.60. The van der Waals surface area contributed by atoms with Gasteiger partial charge in [0, 0.05) is 23.8 Å². The number of urea groups is 1. The van der Waals surface area contributed by atoms with Crippen LogP contribution in [-0.4, -0.2) is 47.3 Å². The summed E-state index contributed by atoms with van der Waals surface area (Å²) in [7, 11) is 0. The Morgan fingerprint density at radius 2 is 1.90 bits per heavy atom. The van der Waals surface area contributed by atoms with E-state index in [-0.39, 0.29) is 28.8 Å². The summed E-state index contributed by atoms with van der Waals surface area (Å²) < 4.78 is 5.57. The number of amides is 2. The first-order chi connectivity index (χ1) is 9.85. The number of ether oxygens (including phenoxy) is 1. The van der Waals surface area contributed by atoms with Crippen LogP contribution in [0.25, 0.3) is 0 Å². The first kappa shape index (κ1) is 15.6. The van der Waals surface area contributed by atoms with Crippen LogP contribution in [0.5, 0.6) is 0 Å². The second-order valence-corrected chi connectivity index (χ2v) is 5.56. The summed E-state index contributed by atoms with van der Waals surface area (Å²) in [6.45, 7) is 4.78. The number of hydrogen-bond donors (Lipinski definition) is 2. The van der Waals surface area contributed by atoms with E-state index in [4.69, 9.17) is 21.4 Å². The number of nitrogens with zero attached hydrogens (tertiary/aromatic N) is 1. The summed E-state index contributed by atoms with van der Waals surface area (Å²) in [5.74, 6) is -1.10. The summed E-state index contributed by atoms with van der Waals surface area (Å²) in [5, 5.41) is 11.9. The maximum atomic E-state index is 12.2. The molecule has 2 rings (SSSR count). The van der Waals surface area contributed by atoms with Crippen molar-refractivity contribution in [3.8, 4) is 0 Å². The highest BCUT2D eigenvalue weighted by atomic mass is 35.5. The number of carbonyl (C=O) groups excluding carboxylic acids is 1. The molecule has 1 aromatic rings. The third-order valence-corrected chi connectivity index (χ3v) is 3.32. The van der Waals surface area contributed by atoms with E-state index in [1.807, 2.05) is 13.8 Å². The predicted octanol–water partition coefficient (Wildman–Crippen LogP) is 2.68. The smallest absolute Gasteiger partial charge is 0.335 e. The van der Waals surface area contributed by atoms with Crippen LogP contribution in [0, 0.1) is 0 Å². The number of carboxylic acid groups (broad SMARTS) is 1. The van der Waals surface area contributed by atoms with Crippen LogP contribution in [0.1, 0.15) is 24.2 Å². The monoisotopic (exact) mass is 312 g/mol. The van der Waals surface area contributed by atoms with Gasteiger partial charge in [0.05, 0.1) is 17.8 Å². The van der Waals surface area contributed by atoms with Crippen molar-refractivity contribution in [3.63, 3.8) is 0 Å². The minimum atomic E-state index is -1.10. The highest BCUT2D eigenvalue weighted by Crippen LogP contribution is 2.20. The topological polar surface area (TPSA) is 78.9 Å². The predicted molar refractivity (Wildman–Crippen MR) is 79.0 cm³/mol.